The second-order valence-electron chi connectivity index (χ2n) is 5.46. The summed E-state index contributed by atoms with van der Waals surface area (Å²) in [7, 11) is 0. The molecule has 0 aliphatic heterocycles. The lowest BCUT2D eigenvalue weighted by atomic mass is 9.99. The Labute approximate surface area is 113 Å². The number of benzene rings is 2. The van der Waals surface area contributed by atoms with Crippen molar-refractivity contribution in [3.63, 3.8) is 0 Å². The molecule has 0 saturated carbocycles. The van der Waals surface area contributed by atoms with E-state index in [0.717, 1.165) is 16.3 Å². The highest BCUT2D eigenvalue weighted by Crippen LogP contribution is 2.25. The van der Waals surface area contributed by atoms with Crippen molar-refractivity contribution in [3.05, 3.63) is 54.1 Å². The molecule has 2 aromatic carbocycles. The fourth-order valence-electron chi connectivity index (χ4n) is 2.04. The normalized spacial score (nSPS) is 11.3. The second-order valence-corrected chi connectivity index (χ2v) is 5.46. The van der Waals surface area contributed by atoms with Gasteiger partial charge in [-0.25, -0.2) is 4.79 Å². The number of esters is 1. The molecular formula is C17H18O2. The summed E-state index contributed by atoms with van der Waals surface area (Å²) < 4.78 is 5.46. The molecule has 0 amide bonds. The second kappa shape index (κ2) is 4.88. The molecule has 0 atom stereocenters. The van der Waals surface area contributed by atoms with Gasteiger partial charge in [0.2, 0.25) is 0 Å². The minimum atomic E-state index is -0.498. The molecular weight excluding hydrogens is 236 g/mol. The summed E-state index contributed by atoms with van der Waals surface area (Å²) in [6, 6.07) is 11.5. The first kappa shape index (κ1) is 13.3. The molecule has 0 radical (unpaired) electrons. The minimum Gasteiger partial charge on any atom is -0.456 e. The molecule has 0 aromatic heterocycles. The first-order valence-electron chi connectivity index (χ1n) is 6.30. The monoisotopic (exact) mass is 254 g/mol. The number of hydrogen-bond acceptors (Lipinski definition) is 2. The number of fused-ring (bicyclic) bond motifs is 1. The van der Waals surface area contributed by atoms with Crippen LogP contribution in [0, 0.1) is 0 Å². The Morgan fingerprint density at radius 3 is 2.37 bits per heavy atom. The zero-order chi connectivity index (χ0) is 14.0. The van der Waals surface area contributed by atoms with E-state index in [9.17, 15) is 4.79 Å². The molecule has 0 heterocycles. The van der Waals surface area contributed by atoms with Gasteiger partial charge in [0.1, 0.15) is 5.60 Å². The molecule has 0 aliphatic carbocycles. The maximum absolute atomic E-state index is 12.3. The van der Waals surface area contributed by atoms with Gasteiger partial charge in [-0.15, -0.1) is 0 Å². The van der Waals surface area contributed by atoms with E-state index in [1.165, 1.54) is 0 Å². The molecule has 0 unspecified atom stereocenters. The molecule has 98 valence electrons. The van der Waals surface area contributed by atoms with Crippen molar-refractivity contribution in [1.82, 2.24) is 0 Å². The van der Waals surface area contributed by atoms with Crippen LogP contribution in [0.2, 0.25) is 0 Å². The summed E-state index contributed by atoms with van der Waals surface area (Å²) in [5.41, 5.74) is 1.03. The highest BCUT2D eigenvalue weighted by atomic mass is 16.6. The highest BCUT2D eigenvalue weighted by Gasteiger charge is 2.20. The standard InChI is InChI=1S/C17H18O2/c1-5-12-8-6-9-13-10-7-11-14(15(12)13)16(18)19-17(2,3)4/h5-11H,1H2,2-4H3. The first-order chi connectivity index (χ1) is 8.92. The number of hydrogen-bond donors (Lipinski definition) is 0. The molecule has 0 saturated heterocycles. The largest absolute Gasteiger partial charge is 0.456 e. The van der Waals surface area contributed by atoms with Crippen molar-refractivity contribution in [2.75, 3.05) is 0 Å². The highest BCUT2D eigenvalue weighted by molar-refractivity contribution is 6.07. The molecule has 0 aliphatic rings. The fourth-order valence-corrected chi connectivity index (χ4v) is 2.04. The fraction of sp³-hybridized carbons (Fsp3) is 0.235. The molecule has 0 bridgehead atoms. The quantitative estimate of drug-likeness (QED) is 0.741. The summed E-state index contributed by atoms with van der Waals surface area (Å²) in [5.74, 6) is -0.299. The topological polar surface area (TPSA) is 26.3 Å². The van der Waals surface area contributed by atoms with Gasteiger partial charge in [0.05, 0.1) is 5.56 Å². The Kier molecular flexibility index (Phi) is 3.43. The third-order valence-corrected chi connectivity index (χ3v) is 2.78. The van der Waals surface area contributed by atoms with Crippen LogP contribution < -0.4 is 0 Å². The van der Waals surface area contributed by atoms with Crippen molar-refractivity contribution in [1.29, 1.82) is 0 Å². The van der Waals surface area contributed by atoms with Crippen LogP contribution >= 0.6 is 0 Å². The molecule has 19 heavy (non-hydrogen) atoms. The van der Waals surface area contributed by atoms with Gasteiger partial charge in [-0.05, 0) is 37.8 Å². The van der Waals surface area contributed by atoms with Crippen LogP contribution in [0.15, 0.2) is 43.0 Å². The Balaban J connectivity index is 2.60. The van der Waals surface area contributed by atoms with Crippen LogP contribution in [0.25, 0.3) is 16.8 Å². The van der Waals surface area contributed by atoms with Crippen molar-refractivity contribution in [2.24, 2.45) is 0 Å². The lowest BCUT2D eigenvalue weighted by molar-refractivity contribution is 0.00718. The van der Waals surface area contributed by atoms with E-state index in [2.05, 4.69) is 6.58 Å². The van der Waals surface area contributed by atoms with Gasteiger partial charge in [0, 0.05) is 5.39 Å². The zero-order valence-electron chi connectivity index (χ0n) is 11.6. The molecule has 2 heteroatoms. The van der Waals surface area contributed by atoms with Crippen LogP contribution in [-0.2, 0) is 4.74 Å². The third kappa shape index (κ3) is 2.84. The summed E-state index contributed by atoms with van der Waals surface area (Å²) in [4.78, 5) is 12.3. The number of ether oxygens (including phenoxy) is 1. The van der Waals surface area contributed by atoms with Gasteiger partial charge in [-0.1, -0.05) is 43.0 Å². The SMILES string of the molecule is C=Cc1cccc2cccc(C(=O)OC(C)(C)C)c12. The summed E-state index contributed by atoms with van der Waals surface area (Å²) in [5, 5.41) is 1.91. The van der Waals surface area contributed by atoms with Crippen LogP contribution in [0.5, 0.6) is 0 Å². The van der Waals surface area contributed by atoms with Crippen molar-refractivity contribution in [3.8, 4) is 0 Å². The van der Waals surface area contributed by atoms with Crippen LogP contribution in [0.4, 0.5) is 0 Å². The van der Waals surface area contributed by atoms with Crippen LogP contribution in [-0.4, -0.2) is 11.6 Å². The van der Waals surface area contributed by atoms with E-state index < -0.39 is 5.60 Å². The van der Waals surface area contributed by atoms with Crippen LogP contribution in [0.3, 0.4) is 0 Å². The number of carbonyl (C=O) groups excluding carboxylic acids is 1. The predicted molar refractivity (Wildman–Crippen MR) is 79.2 cm³/mol. The Bertz CT molecular complexity index is 628. The smallest absolute Gasteiger partial charge is 0.339 e. The van der Waals surface area contributed by atoms with Crippen molar-refractivity contribution in [2.45, 2.75) is 26.4 Å². The van der Waals surface area contributed by atoms with E-state index in [4.69, 9.17) is 4.74 Å². The zero-order valence-corrected chi connectivity index (χ0v) is 11.6. The Morgan fingerprint density at radius 2 is 1.79 bits per heavy atom. The molecule has 0 fully saturated rings. The third-order valence-electron chi connectivity index (χ3n) is 2.78. The number of carbonyl (C=O) groups is 1. The van der Waals surface area contributed by atoms with Gasteiger partial charge in [0.15, 0.2) is 0 Å². The minimum absolute atomic E-state index is 0.299. The van der Waals surface area contributed by atoms with Gasteiger partial charge in [0.25, 0.3) is 0 Å². The van der Waals surface area contributed by atoms with Crippen molar-refractivity contribution < 1.29 is 9.53 Å². The molecule has 2 nitrogen and oxygen atoms in total. The summed E-state index contributed by atoms with van der Waals surface area (Å²) in [6.07, 6.45) is 1.76. The van der Waals surface area contributed by atoms with E-state index in [1.54, 1.807) is 12.1 Å². The van der Waals surface area contributed by atoms with Gasteiger partial charge >= 0.3 is 5.97 Å². The molecule has 0 N–H and O–H groups in total. The molecule has 2 rings (SSSR count). The molecule has 2 aromatic rings. The Hall–Kier alpha value is -2.09. The maximum Gasteiger partial charge on any atom is 0.339 e. The van der Waals surface area contributed by atoms with E-state index in [-0.39, 0.29) is 5.97 Å². The lowest BCUT2D eigenvalue weighted by Crippen LogP contribution is -2.24. The Morgan fingerprint density at radius 1 is 1.16 bits per heavy atom. The predicted octanol–water partition coefficient (Wildman–Crippen LogP) is 4.44. The lowest BCUT2D eigenvalue weighted by Gasteiger charge is -2.20. The van der Waals surface area contributed by atoms with E-state index in [0.29, 0.717) is 5.56 Å². The average molecular weight is 254 g/mol. The maximum atomic E-state index is 12.3. The van der Waals surface area contributed by atoms with E-state index >= 15 is 0 Å². The van der Waals surface area contributed by atoms with E-state index in [1.807, 2.05) is 51.1 Å². The van der Waals surface area contributed by atoms with Crippen LogP contribution in [0.1, 0.15) is 36.7 Å². The van der Waals surface area contributed by atoms with Gasteiger partial charge < -0.3 is 4.74 Å². The summed E-state index contributed by atoms with van der Waals surface area (Å²) in [6.45, 7) is 9.40. The average Bonchev–Trinajstić information content (AvgIpc) is 2.35. The van der Waals surface area contributed by atoms with Gasteiger partial charge in [-0.2, -0.15) is 0 Å². The molecule has 0 spiro atoms. The summed E-state index contributed by atoms with van der Waals surface area (Å²) >= 11 is 0. The van der Waals surface area contributed by atoms with Crippen molar-refractivity contribution >= 4 is 22.8 Å². The number of rotatable bonds is 2. The first-order valence-corrected chi connectivity index (χ1v) is 6.30. The van der Waals surface area contributed by atoms with Gasteiger partial charge in [-0.3, -0.25) is 0 Å².